The van der Waals surface area contributed by atoms with E-state index in [2.05, 4.69) is 15.5 Å². The number of piperidine rings is 1. The molecule has 0 radical (unpaired) electrons. The molecule has 2 aromatic carbocycles. The molecule has 38 heavy (non-hydrogen) atoms. The van der Waals surface area contributed by atoms with Crippen LogP contribution in [0.4, 0.5) is 5.82 Å². The number of hydrogen-bond acceptors (Lipinski definition) is 7. The van der Waals surface area contributed by atoms with Crippen LogP contribution in [-0.2, 0) is 19.6 Å². The summed E-state index contributed by atoms with van der Waals surface area (Å²) in [4.78, 5) is 12.8. The van der Waals surface area contributed by atoms with Crippen molar-refractivity contribution in [3.63, 3.8) is 0 Å². The molecule has 0 saturated carbocycles. The minimum atomic E-state index is -3.75. The van der Waals surface area contributed by atoms with E-state index in [1.807, 2.05) is 24.3 Å². The van der Waals surface area contributed by atoms with Gasteiger partial charge in [0.25, 0.3) is 5.91 Å². The van der Waals surface area contributed by atoms with Gasteiger partial charge in [-0.3, -0.25) is 9.89 Å². The van der Waals surface area contributed by atoms with Gasteiger partial charge in [-0.2, -0.15) is 9.40 Å². The number of hydrogen-bond donors (Lipinski definition) is 2. The van der Waals surface area contributed by atoms with E-state index in [1.165, 1.54) is 4.31 Å². The second-order valence-corrected chi connectivity index (χ2v) is 11.1. The number of nitrogens with zero attached hydrogens (tertiary/aromatic N) is 2. The molecule has 1 aliphatic heterocycles. The Morgan fingerprint density at radius 3 is 2.55 bits per heavy atom. The fourth-order valence-corrected chi connectivity index (χ4v) is 6.96. The van der Waals surface area contributed by atoms with Crippen LogP contribution in [0.1, 0.15) is 30.4 Å². The maximum absolute atomic E-state index is 13.7. The largest absolute Gasteiger partial charge is 0.497 e. The standard InChI is InChI=1S/C27H34N4O6S/c1-18-13-21(35-3)14-19(2)27(18)38(33,34)31-12-8-7-9-20(31)16-37-17-26(32)28-25-15-23(29-30-25)22-10-5-6-11-24(22)36-4/h5-6,10-11,13-15,20H,7-9,12,16-17H2,1-4H3,(H2,28,29,30,32). The lowest BCUT2D eigenvalue weighted by molar-refractivity contribution is -0.121. The van der Waals surface area contributed by atoms with Crippen molar-refractivity contribution in [2.75, 3.05) is 39.3 Å². The van der Waals surface area contributed by atoms with E-state index in [0.29, 0.717) is 52.0 Å². The number of aromatic nitrogens is 2. The Labute approximate surface area is 223 Å². The van der Waals surface area contributed by atoms with Crippen LogP contribution in [0.15, 0.2) is 47.4 Å². The molecule has 2 heterocycles. The number of amides is 1. The molecule has 1 aromatic heterocycles. The Morgan fingerprint density at radius 2 is 1.84 bits per heavy atom. The summed E-state index contributed by atoms with van der Waals surface area (Å²) in [6.07, 6.45) is 2.33. The Kier molecular flexibility index (Phi) is 8.70. The first-order valence-electron chi connectivity index (χ1n) is 12.5. The van der Waals surface area contributed by atoms with Gasteiger partial charge in [0.05, 0.1) is 31.4 Å². The zero-order valence-electron chi connectivity index (χ0n) is 22.1. The molecule has 2 N–H and O–H groups in total. The van der Waals surface area contributed by atoms with Crippen LogP contribution in [0.25, 0.3) is 11.3 Å². The average Bonchev–Trinajstić information content (AvgIpc) is 3.36. The second-order valence-electron chi connectivity index (χ2n) is 9.29. The van der Waals surface area contributed by atoms with Crippen LogP contribution in [0.2, 0.25) is 0 Å². The quantitative estimate of drug-likeness (QED) is 0.398. The molecule has 4 rings (SSSR count). The third-order valence-electron chi connectivity index (χ3n) is 6.60. The Bertz CT molecular complexity index is 1360. The van der Waals surface area contributed by atoms with Gasteiger partial charge in [0, 0.05) is 24.2 Å². The number of sulfonamides is 1. The zero-order chi connectivity index (χ0) is 27.3. The van der Waals surface area contributed by atoms with Gasteiger partial charge < -0.3 is 19.5 Å². The topological polar surface area (TPSA) is 123 Å². The van der Waals surface area contributed by atoms with Crippen LogP contribution in [-0.4, -0.2) is 68.8 Å². The highest BCUT2D eigenvalue weighted by molar-refractivity contribution is 7.89. The van der Waals surface area contributed by atoms with Crippen LogP contribution in [0, 0.1) is 13.8 Å². The molecule has 1 saturated heterocycles. The molecule has 11 heteroatoms. The average molecular weight is 543 g/mol. The van der Waals surface area contributed by atoms with Crippen molar-refractivity contribution in [2.24, 2.45) is 0 Å². The number of carbonyl (C=O) groups excluding carboxylic acids is 1. The zero-order valence-corrected chi connectivity index (χ0v) is 22.9. The van der Waals surface area contributed by atoms with Crippen molar-refractivity contribution in [1.29, 1.82) is 0 Å². The number of carbonyl (C=O) groups is 1. The minimum absolute atomic E-state index is 0.119. The third kappa shape index (κ3) is 6.01. The van der Waals surface area contributed by atoms with E-state index < -0.39 is 10.0 Å². The maximum atomic E-state index is 13.7. The fourth-order valence-electron chi connectivity index (χ4n) is 4.87. The summed E-state index contributed by atoms with van der Waals surface area (Å²) in [6, 6.07) is 12.3. The first kappa shape index (κ1) is 27.6. The molecule has 0 spiro atoms. The van der Waals surface area contributed by atoms with Gasteiger partial charge >= 0.3 is 0 Å². The second kappa shape index (κ2) is 12.0. The maximum Gasteiger partial charge on any atom is 0.251 e. The van der Waals surface area contributed by atoms with Crippen LogP contribution >= 0.6 is 0 Å². The fraction of sp³-hybridized carbons (Fsp3) is 0.407. The molecular weight excluding hydrogens is 508 g/mol. The molecule has 10 nitrogen and oxygen atoms in total. The molecular formula is C27H34N4O6S. The van der Waals surface area contributed by atoms with Crippen LogP contribution < -0.4 is 14.8 Å². The van der Waals surface area contributed by atoms with E-state index in [9.17, 15) is 13.2 Å². The van der Waals surface area contributed by atoms with E-state index in [1.54, 1.807) is 46.3 Å². The van der Waals surface area contributed by atoms with Crippen molar-refractivity contribution in [3.8, 4) is 22.8 Å². The van der Waals surface area contributed by atoms with Gasteiger partial charge in [-0.25, -0.2) is 8.42 Å². The van der Waals surface area contributed by atoms with Crippen molar-refractivity contribution in [2.45, 2.75) is 44.0 Å². The number of aryl methyl sites for hydroxylation is 2. The van der Waals surface area contributed by atoms with Crippen LogP contribution in [0.5, 0.6) is 11.5 Å². The number of rotatable bonds is 10. The van der Waals surface area contributed by atoms with Gasteiger partial charge in [-0.05, 0) is 62.1 Å². The van der Waals surface area contributed by atoms with Gasteiger partial charge in [-0.15, -0.1) is 0 Å². The van der Waals surface area contributed by atoms with E-state index in [-0.39, 0.29) is 25.2 Å². The Hall–Kier alpha value is -3.41. The third-order valence-corrected chi connectivity index (χ3v) is 8.85. The van der Waals surface area contributed by atoms with E-state index >= 15 is 0 Å². The first-order chi connectivity index (χ1) is 18.2. The predicted molar refractivity (Wildman–Crippen MR) is 144 cm³/mol. The molecule has 0 aliphatic carbocycles. The van der Waals surface area contributed by atoms with Crippen molar-refractivity contribution in [1.82, 2.24) is 14.5 Å². The molecule has 1 fully saturated rings. The van der Waals surface area contributed by atoms with Crippen molar-refractivity contribution < 1.29 is 27.4 Å². The summed E-state index contributed by atoms with van der Waals surface area (Å²) >= 11 is 0. The Morgan fingerprint density at radius 1 is 1.11 bits per heavy atom. The highest BCUT2D eigenvalue weighted by Gasteiger charge is 2.35. The lowest BCUT2D eigenvalue weighted by Crippen LogP contribution is -2.46. The number of aromatic amines is 1. The number of methoxy groups -OCH3 is 2. The summed E-state index contributed by atoms with van der Waals surface area (Å²) in [5, 5.41) is 9.75. The monoisotopic (exact) mass is 542 g/mol. The smallest absolute Gasteiger partial charge is 0.251 e. The summed E-state index contributed by atoms with van der Waals surface area (Å²) in [7, 11) is -0.605. The van der Waals surface area contributed by atoms with Gasteiger partial charge in [0.1, 0.15) is 18.1 Å². The number of anilines is 1. The molecule has 1 atom stereocenters. The number of para-hydroxylation sites is 1. The number of nitrogens with one attached hydrogen (secondary N) is 2. The summed E-state index contributed by atoms with van der Waals surface area (Å²) < 4.78 is 45.2. The predicted octanol–water partition coefficient (Wildman–Crippen LogP) is 3.91. The van der Waals surface area contributed by atoms with Gasteiger partial charge in [-0.1, -0.05) is 18.6 Å². The summed E-state index contributed by atoms with van der Waals surface area (Å²) in [6.45, 7) is 3.86. The van der Waals surface area contributed by atoms with Gasteiger partial charge in [0.2, 0.25) is 10.0 Å². The molecule has 0 bridgehead atoms. The molecule has 1 aliphatic rings. The number of ether oxygens (including phenoxy) is 3. The lowest BCUT2D eigenvalue weighted by atomic mass is 10.1. The minimum Gasteiger partial charge on any atom is -0.497 e. The highest BCUT2D eigenvalue weighted by Crippen LogP contribution is 2.32. The normalized spacial score (nSPS) is 16.3. The molecule has 204 valence electrons. The Balaban J connectivity index is 1.37. The SMILES string of the molecule is COc1cc(C)c(S(=O)(=O)N2CCCCC2COCC(=O)Nc2cc(-c3ccccc3OC)[nH]n2)c(C)c1. The van der Waals surface area contributed by atoms with E-state index in [0.717, 1.165) is 18.4 Å². The summed E-state index contributed by atoms with van der Waals surface area (Å²) in [5.41, 5.74) is 2.79. The van der Waals surface area contributed by atoms with Crippen molar-refractivity contribution >= 4 is 21.7 Å². The van der Waals surface area contributed by atoms with Gasteiger partial charge in [0.15, 0.2) is 5.82 Å². The van der Waals surface area contributed by atoms with Crippen molar-refractivity contribution in [3.05, 3.63) is 53.6 Å². The van der Waals surface area contributed by atoms with E-state index in [4.69, 9.17) is 14.2 Å². The molecule has 1 amide bonds. The molecule has 1 unspecified atom stereocenters. The lowest BCUT2D eigenvalue weighted by Gasteiger charge is -2.35. The number of benzene rings is 2. The molecule has 3 aromatic rings. The summed E-state index contributed by atoms with van der Waals surface area (Å²) in [5.74, 6) is 1.28. The first-order valence-corrected chi connectivity index (χ1v) is 13.9. The van der Waals surface area contributed by atoms with Crippen LogP contribution in [0.3, 0.4) is 0 Å². The highest BCUT2D eigenvalue weighted by atomic mass is 32.2. The number of H-pyrrole nitrogens is 1.